The van der Waals surface area contributed by atoms with Gasteiger partial charge in [0.1, 0.15) is 5.75 Å². The van der Waals surface area contributed by atoms with Crippen LogP contribution in [0.3, 0.4) is 0 Å². The Balaban J connectivity index is 3.30. The van der Waals surface area contributed by atoms with Crippen LogP contribution in [0.2, 0.25) is 0 Å². The molecule has 2 N–H and O–H groups in total. The highest BCUT2D eigenvalue weighted by atomic mass is 16.5. The van der Waals surface area contributed by atoms with Crippen molar-refractivity contribution in [2.75, 3.05) is 27.7 Å². The third-order valence-electron chi connectivity index (χ3n) is 3.73. The first kappa shape index (κ1) is 16.0. The second kappa shape index (κ2) is 6.40. The summed E-state index contributed by atoms with van der Waals surface area (Å²) < 4.78 is 5.55. The van der Waals surface area contributed by atoms with Crippen LogP contribution in [0.4, 0.5) is 0 Å². The van der Waals surface area contributed by atoms with Crippen molar-refractivity contribution in [1.29, 1.82) is 0 Å². The largest absolute Gasteiger partial charge is 0.496 e. The Morgan fingerprint density at radius 2 is 1.95 bits per heavy atom. The average molecular weight is 264 g/mol. The van der Waals surface area contributed by atoms with Gasteiger partial charge in [-0.15, -0.1) is 0 Å². The SMILES string of the molecule is COc1ccc(C)cc1C(N(C)C)C(C)(C)CCN. The Labute approximate surface area is 117 Å². The molecule has 0 amide bonds. The van der Waals surface area contributed by atoms with Crippen molar-refractivity contribution in [2.45, 2.75) is 33.2 Å². The van der Waals surface area contributed by atoms with Crippen LogP contribution in [0.1, 0.15) is 37.4 Å². The number of rotatable bonds is 6. The van der Waals surface area contributed by atoms with E-state index in [2.05, 4.69) is 58.0 Å². The van der Waals surface area contributed by atoms with Gasteiger partial charge in [0.15, 0.2) is 0 Å². The van der Waals surface area contributed by atoms with Gasteiger partial charge in [-0.25, -0.2) is 0 Å². The van der Waals surface area contributed by atoms with Crippen LogP contribution in [0.15, 0.2) is 18.2 Å². The molecular weight excluding hydrogens is 236 g/mol. The zero-order valence-corrected chi connectivity index (χ0v) is 13.2. The average Bonchev–Trinajstić information content (AvgIpc) is 2.28. The van der Waals surface area contributed by atoms with Gasteiger partial charge in [0.2, 0.25) is 0 Å². The number of aryl methyl sites for hydroxylation is 1. The molecule has 0 bridgehead atoms. The van der Waals surface area contributed by atoms with Crippen LogP contribution in [0.25, 0.3) is 0 Å². The first-order valence-corrected chi connectivity index (χ1v) is 6.84. The molecule has 0 saturated heterocycles. The highest BCUT2D eigenvalue weighted by Crippen LogP contribution is 2.43. The molecule has 0 fully saturated rings. The van der Waals surface area contributed by atoms with Crippen molar-refractivity contribution < 1.29 is 4.74 Å². The van der Waals surface area contributed by atoms with Crippen molar-refractivity contribution in [3.8, 4) is 5.75 Å². The summed E-state index contributed by atoms with van der Waals surface area (Å²) in [5.41, 5.74) is 8.38. The fourth-order valence-corrected chi connectivity index (χ4v) is 2.97. The lowest BCUT2D eigenvalue weighted by molar-refractivity contribution is 0.125. The first-order valence-electron chi connectivity index (χ1n) is 6.84. The fraction of sp³-hybridized carbons (Fsp3) is 0.625. The van der Waals surface area contributed by atoms with Gasteiger partial charge in [-0.1, -0.05) is 31.5 Å². The van der Waals surface area contributed by atoms with E-state index in [4.69, 9.17) is 10.5 Å². The zero-order valence-electron chi connectivity index (χ0n) is 13.2. The normalized spacial score (nSPS) is 13.7. The third kappa shape index (κ3) is 3.71. The van der Waals surface area contributed by atoms with Crippen molar-refractivity contribution in [2.24, 2.45) is 11.1 Å². The van der Waals surface area contributed by atoms with Gasteiger partial charge in [0.05, 0.1) is 7.11 Å². The monoisotopic (exact) mass is 264 g/mol. The Bertz CT molecular complexity index is 413. The fourth-order valence-electron chi connectivity index (χ4n) is 2.97. The molecule has 1 aromatic carbocycles. The molecule has 1 aromatic rings. The van der Waals surface area contributed by atoms with E-state index in [1.165, 1.54) is 11.1 Å². The van der Waals surface area contributed by atoms with E-state index in [-0.39, 0.29) is 11.5 Å². The summed E-state index contributed by atoms with van der Waals surface area (Å²) >= 11 is 0. The molecule has 0 saturated carbocycles. The first-order chi connectivity index (χ1) is 8.83. The van der Waals surface area contributed by atoms with Gasteiger partial charge in [-0.3, -0.25) is 0 Å². The lowest BCUT2D eigenvalue weighted by atomic mass is 9.76. The van der Waals surface area contributed by atoms with Crippen molar-refractivity contribution >= 4 is 0 Å². The second-order valence-corrected chi connectivity index (χ2v) is 6.14. The predicted octanol–water partition coefficient (Wildman–Crippen LogP) is 2.98. The van der Waals surface area contributed by atoms with Crippen LogP contribution in [0, 0.1) is 12.3 Å². The molecule has 0 spiro atoms. The van der Waals surface area contributed by atoms with Gasteiger partial charge < -0.3 is 15.4 Å². The smallest absolute Gasteiger partial charge is 0.123 e. The molecule has 1 unspecified atom stereocenters. The Kier molecular flexibility index (Phi) is 5.39. The molecule has 0 aromatic heterocycles. The van der Waals surface area contributed by atoms with E-state index >= 15 is 0 Å². The van der Waals surface area contributed by atoms with Gasteiger partial charge in [-0.05, 0) is 45.5 Å². The van der Waals surface area contributed by atoms with Crippen molar-refractivity contribution in [3.05, 3.63) is 29.3 Å². The summed E-state index contributed by atoms with van der Waals surface area (Å²) in [4.78, 5) is 2.26. The van der Waals surface area contributed by atoms with E-state index < -0.39 is 0 Å². The van der Waals surface area contributed by atoms with Gasteiger partial charge in [0.25, 0.3) is 0 Å². The Morgan fingerprint density at radius 3 is 2.42 bits per heavy atom. The summed E-state index contributed by atoms with van der Waals surface area (Å²) in [6, 6.07) is 6.65. The number of ether oxygens (including phenoxy) is 1. The number of nitrogens with zero attached hydrogens (tertiary/aromatic N) is 1. The maximum Gasteiger partial charge on any atom is 0.123 e. The van der Waals surface area contributed by atoms with Crippen LogP contribution in [-0.4, -0.2) is 32.6 Å². The molecule has 3 nitrogen and oxygen atoms in total. The van der Waals surface area contributed by atoms with Gasteiger partial charge in [-0.2, -0.15) is 0 Å². The highest BCUT2D eigenvalue weighted by Gasteiger charge is 2.33. The van der Waals surface area contributed by atoms with E-state index in [1.807, 2.05) is 0 Å². The number of hydrogen-bond acceptors (Lipinski definition) is 3. The van der Waals surface area contributed by atoms with Crippen LogP contribution in [-0.2, 0) is 0 Å². The number of benzene rings is 1. The van der Waals surface area contributed by atoms with Gasteiger partial charge >= 0.3 is 0 Å². The summed E-state index contributed by atoms with van der Waals surface area (Å²) in [5.74, 6) is 0.953. The highest BCUT2D eigenvalue weighted by molar-refractivity contribution is 5.40. The van der Waals surface area contributed by atoms with E-state index in [1.54, 1.807) is 7.11 Å². The molecule has 0 aliphatic heterocycles. The van der Waals surface area contributed by atoms with E-state index in [0.29, 0.717) is 6.54 Å². The molecular formula is C16H28N2O. The predicted molar refractivity (Wildman–Crippen MR) is 81.6 cm³/mol. The maximum atomic E-state index is 5.78. The quantitative estimate of drug-likeness (QED) is 0.858. The van der Waals surface area contributed by atoms with E-state index in [0.717, 1.165) is 12.2 Å². The van der Waals surface area contributed by atoms with Crippen LogP contribution >= 0.6 is 0 Å². The molecule has 3 heteroatoms. The topological polar surface area (TPSA) is 38.5 Å². The van der Waals surface area contributed by atoms with Crippen LogP contribution < -0.4 is 10.5 Å². The summed E-state index contributed by atoms with van der Waals surface area (Å²) in [6.07, 6.45) is 0.979. The summed E-state index contributed by atoms with van der Waals surface area (Å²) in [5, 5.41) is 0. The number of hydrogen-bond donors (Lipinski definition) is 1. The molecule has 19 heavy (non-hydrogen) atoms. The molecule has 1 atom stereocenters. The molecule has 1 rings (SSSR count). The molecule has 0 heterocycles. The van der Waals surface area contributed by atoms with Crippen LogP contribution in [0.5, 0.6) is 5.75 Å². The lowest BCUT2D eigenvalue weighted by Crippen LogP contribution is -2.35. The molecule has 0 aliphatic rings. The zero-order chi connectivity index (χ0) is 14.6. The lowest BCUT2D eigenvalue weighted by Gasteiger charge is -2.39. The Morgan fingerprint density at radius 1 is 1.32 bits per heavy atom. The minimum atomic E-state index is 0.0966. The van der Waals surface area contributed by atoms with Crippen molar-refractivity contribution in [3.63, 3.8) is 0 Å². The number of nitrogens with two attached hydrogens (primary N) is 1. The molecule has 108 valence electrons. The Hall–Kier alpha value is -1.06. The van der Waals surface area contributed by atoms with E-state index in [9.17, 15) is 0 Å². The third-order valence-corrected chi connectivity index (χ3v) is 3.73. The summed E-state index contributed by atoms with van der Waals surface area (Å²) in [7, 11) is 5.96. The number of methoxy groups -OCH3 is 1. The van der Waals surface area contributed by atoms with Crippen molar-refractivity contribution in [1.82, 2.24) is 4.90 Å². The standard InChI is InChI=1S/C16H28N2O/c1-12-7-8-14(19-6)13(11-12)15(18(4)5)16(2,3)9-10-17/h7-8,11,15H,9-10,17H2,1-6H3. The summed E-state index contributed by atoms with van der Waals surface area (Å²) in [6.45, 7) is 7.36. The second-order valence-electron chi connectivity index (χ2n) is 6.14. The minimum absolute atomic E-state index is 0.0966. The molecule has 0 aliphatic carbocycles. The minimum Gasteiger partial charge on any atom is -0.496 e. The maximum absolute atomic E-state index is 5.78. The molecule has 0 radical (unpaired) electrons. The van der Waals surface area contributed by atoms with Gasteiger partial charge in [0, 0.05) is 11.6 Å².